The van der Waals surface area contributed by atoms with E-state index in [1.165, 1.54) is 38.5 Å². The van der Waals surface area contributed by atoms with E-state index in [9.17, 15) is 0 Å². The van der Waals surface area contributed by atoms with Gasteiger partial charge in [-0.2, -0.15) is 0 Å². The molecule has 0 unspecified atom stereocenters. The van der Waals surface area contributed by atoms with Crippen LogP contribution in [0.25, 0.3) is 0 Å². The van der Waals surface area contributed by atoms with Crippen molar-refractivity contribution in [2.24, 2.45) is 0 Å². The minimum absolute atomic E-state index is 0.989. The molecule has 0 saturated heterocycles. The quantitative estimate of drug-likeness (QED) is 0.645. The Morgan fingerprint density at radius 3 is 2.33 bits per heavy atom. The summed E-state index contributed by atoms with van der Waals surface area (Å²) in [5.74, 6) is 0. The fourth-order valence-corrected chi connectivity index (χ4v) is 3.63. The Labute approximate surface area is 109 Å². The second kappa shape index (κ2) is 7.39. The summed E-state index contributed by atoms with van der Waals surface area (Å²) < 4.78 is 1.65. The SMILES string of the molecule is CCCCc1ccc[c]([BiH2])c1CCCC. The van der Waals surface area contributed by atoms with Crippen LogP contribution in [-0.4, -0.2) is 24.7 Å². The van der Waals surface area contributed by atoms with E-state index in [0.29, 0.717) is 0 Å². The van der Waals surface area contributed by atoms with E-state index in [2.05, 4.69) is 32.0 Å². The molecule has 1 heteroatoms. The Morgan fingerprint density at radius 1 is 1.00 bits per heavy atom. The molecule has 0 radical (unpaired) electrons. The summed E-state index contributed by atoms with van der Waals surface area (Å²) in [5.41, 5.74) is 3.32. The van der Waals surface area contributed by atoms with Crippen LogP contribution in [0.5, 0.6) is 0 Å². The third-order valence-corrected chi connectivity index (χ3v) is 4.99. The van der Waals surface area contributed by atoms with Crippen molar-refractivity contribution in [1.29, 1.82) is 0 Å². The summed E-state index contributed by atoms with van der Waals surface area (Å²) in [6, 6.07) is 6.91. The first-order chi connectivity index (χ1) is 7.29. The third-order valence-electron chi connectivity index (χ3n) is 2.89. The molecule has 0 aromatic heterocycles. The number of aryl methyl sites for hydroxylation is 1. The van der Waals surface area contributed by atoms with Crippen LogP contribution in [-0.2, 0) is 12.8 Å². The number of hydrogen-bond donors (Lipinski definition) is 0. The van der Waals surface area contributed by atoms with E-state index >= 15 is 0 Å². The Balaban J connectivity index is 2.77. The van der Waals surface area contributed by atoms with E-state index in [4.69, 9.17) is 0 Å². The summed E-state index contributed by atoms with van der Waals surface area (Å²) in [6.07, 6.45) is 7.90. The second-order valence-corrected chi connectivity index (χ2v) is 6.61. The van der Waals surface area contributed by atoms with Gasteiger partial charge in [0.2, 0.25) is 0 Å². The van der Waals surface area contributed by atoms with Crippen LogP contribution in [0, 0.1) is 0 Å². The molecule has 0 fully saturated rings. The molecule has 0 N–H and O–H groups in total. The molecular formula is C14H23Bi. The van der Waals surface area contributed by atoms with Gasteiger partial charge in [-0.25, -0.2) is 0 Å². The Kier molecular flexibility index (Phi) is 6.49. The predicted molar refractivity (Wildman–Crippen MR) is 71.8 cm³/mol. The van der Waals surface area contributed by atoms with Crippen molar-refractivity contribution in [3.63, 3.8) is 0 Å². The summed E-state index contributed by atoms with van der Waals surface area (Å²) in [7, 11) is 0. The van der Waals surface area contributed by atoms with Crippen molar-refractivity contribution in [2.75, 3.05) is 0 Å². The van der Waals surface area contributed by atoms with Crippen LogP contribution in [0.15, 0.2) is 18.2 Å². The van der Waals surface area contributed by atoms with Gasteiger partial charge < -0.3 is 0 Å². The van der Waals surface area contributed by atoms with Crippen LogP contribution in [0.3, 0.4) is 0 Å². The number of benzene rings is 1. The van der Waals surface area contributed by atoms with Crippen LogP contribution < -0.4 is 3.27 Å². The second-order valence-electron chi connectivity index (χ2n) is 4.19. The molecule has 0 bridgehead atoms. The first-order valence-electron chi connectivity index (χ1n) is 6.15. The van der Waals surface area contributed by atoms with Gasteiger partial charge in [-0.1, -0.05) is 0 Å². The predicted octanol–water partition coefficient (Wildman–Crippen LogP) is 2.63. The van der Waals surface area contributed by atoms with Crippen LogP contribution >= 0.6 is 0 Å². The molecule has 0 aliphatic heterocycles. The molecule has 84 valence electrons. The minimum atomic E-state index is 0.989. The zero-order valence-corrected chi connectivity index (χ0v) is 14.5. The van der Waals surface area contributed by atoms with Crippen molar-refractivity contribution >= 4 is 28.0 Å². The molecule has 1 aromatic rings. The number of unbranched alkanes of at least 4 members (excludes halogenated alkanes) is 2. The molecule has 1 aromatic carbocycles. The Bertz CT molecular complexity index is 291. The van der Waals surface area contributed by atoms with Crippen LogP contribution in [0.4, 0.5) is 0 Å². The summed E-state index contributed by atoms with van der Waals surface area (Å²) in [4.78, 5) is 0. The fourth-order valence-electron chi connectivity index (χ4n) is 1.91. The maximum atomic E-state index is 2.34. The van der Waals surface area contributed by atoms with Crippen molar-refractivity contribution in [2.45, 2.75) is 52.4 Å². The molecule has 0 nitrogen and oxygen atoms in total. The number of rotatable bonds is 6. The molecule has 0 saturated carbocycles. The third kappa shape index (κ3) is 4.23. The van der Waals surface area contributed by atoms with Gasteiger partial charge in [0.15, 0.2) is 0 Å². The van der Waals surface area contributed by atoms with Gasteiger partial charge in [-0.05, 0) is 0 Å². The van der Waals surface area contributed by atoms with Gasteiger partial charge in [0.25, 0.3) is 0 Å². The van der Waals surface area contributed by atoms with Gasteiger partial charge in [0, 0.05) is 0 Å². The van der Waals surface area contributed by atoms with Crippen molar-refractivity contribution in [3.8, 4) is 0 Å². The standard InChI is InChI=1S/C14H21.Bi.2H/c1-3-5-9-13-11-7-8-12-14(13)10-6-4-2;;;/h7-8,11H,3-6,9-10H2,1-2H3;;;. The molecular weight excluding hydrogens is 377 g/mol. The molecule has 0 amide bonds. The first-order valence-corrected chi connectivity index (χ1v) is 8.40. The molecule has 0 heterocycles. The van der Waals surface area contributed by atoms with E-state index in [1.807, 2.05) is 0 Å². The summed E-state index contributed by atoms with van der Waals surface area (Å²) in [5, 5.41) is 0. The van der Waals surface area contributed by atoms with Gasteiger partial charge >= 0.3 is 110 Å². The van der Waals surface area contributed by atoms with Gasteiger partial charge in [0.05, 0.1) is 0 Å². The summed E-state index contributed by atoms with van der Waals surface area (Å²) in [6.45, 7) is 4.56. The van der Waals surface area contributed by atoms with Gasteiger partial charge in [0.1, 0.15) is 0 Å². The Morgan fingerprint density at radius 2 is 1.67 bits per heavy atom. The van der Waals surface area contributed by atoms with E-state index < -0.39 is 0 Å². The number of hydrogen-bond acceptors (Lipinski definition) is 0. The first kappa shape index (κ1) is 13.2. The van der Waals surface area contributed by atoms with Crippen molar-refractivity contribution in [3.05, 3.63) is 29.3 Å². The van der Waals surface area contributed by atoms with E-state index in [-0.39, 0.29) is 0 Å². The zero-order chi connectivity index (χ0) is 11.1. The van der Waals surface area contributed by atoms with Crippen molar-refractivity contribution < 1.29 is 0 Å². The molecule has 0 aliphatic rings. The van der Waals surface area contributed by atoms with Gasteiger partial charge in [-0.15, -0.1) is 0 Å². The Hall–Kier alpha value is 0.103. The molecule has 15 heavy (non-hydrogen) atoms. The molecule has 0 atom stereocenters. The normalized spacial score (nSPS) is 10.6. The average molecular weight is 400 g/mol. The van der Waals surface area contributed by atoms with Crippen LogP contribution in [0.1, 0.15) is 50.7 Å². The topological polar surface area (TPSA) is 0 Å². The van der Waals surface area contributed by atoms with E-state index in [1.54, 1.807) is 14.4 Å². The van der Waals surface area contributed by atoms with Crippen LogP contribution in [0.2, 0.25) is 0 Å². The van der Waals surface area contributed by atoms with Gasteiger partial charge in [-0.3, -0.25) is 0 Å². The molecule has 1 rings (SSSR count). The fraction of sp³-hybridized carbons (Fsp3) is 0.571. The summed E-state index contributed by atoms with van der Waals surface area (Å²) >= 11 is 0.989. The molecule has 0 aliphatic carbocycles. The average Bonchev–Trinajstić information content (AvgIpc) is 2.25. The van der Waals surface area contributed by atoms with E-state index in [0.717, 1.165) is 24.7 Å². The monoisotopic (exact) mass is 400 g/mol. The van der Waals surface area contributed by atoms with Crippen molar-refractivity contribution in [1.82, 2.24) is 0 Å². The molecule has 0 spiro atoms. The zero-order valence-electron chi connectivity index (χ0n) is 10.1. The maximum absolute atomic E-state index is 2.34.